The third kappa shape index (κ3) is 4.72. The van der Waals surface area contributed by atoms with Crippen LogP contribution in [0.1, 0.15) is 12.5 Å². The van der Waals surface area contributed by atoms with Crippen LogP contribution in [0.3, 0.4) is 0 Å². The van der Waals surface area contributed by atoms with Crippen molar-refractivity contribution in [2.45, 2.75) is 13.0 Å². The molecule has 0 spiro atoms. The minimum Gasteiger partial charge on any atom is -0.479 e. The molecule has 0 aliphatic heterocycles. The predicted molar refractivity (Wildman–Crippen MR) is 86.5 cm³/mol. The van der Waals surface area contributed by atoms with Crippen molar-refractivity contribution in [3.63, 3.8) is 0 Å². The summed E-state index contributed by atoms with van der Waals surface area (Å²) in [5.74, 6) is -0.0175. The fourth-order valence-corrected chi connectivity index (χ4v) is 1.98. The van der Waals surface area contributed by atoms with Gasteiger partial charge in [-0.2, -0.15) is 5.10 Å². The molecule has 1 aromatic heterocycles. The van der Waals surface area contributed by atoms with Gasteiger partial charge in [-0.1, -0.05) is 29.3 Å². The summed E-state index contributed by atoms with van der Waals surface area (Å²) in [6.45, 7) is 1.60. The van der Waals surface area contributed by atoms with Crippen molar-refractivity contribution in [2.24, 2.45) is 5.10 Å². The maximum Gasteiger partial charge on any atom is 0.280 e. The number of carbonyl (C=O) groups is 1. The lowest BCUT2D eigenvalue weighted by Crippen LogP contribution is -2.33. The zero-order valence-corrected chi connectivity index (χ0v) is 13.2. The van der Waals surface area contributed by atoms with Gasteiger partial charge < -0.3 is 4.74 Å². The average molecular weight is 338 g/mol. The van der Waals surface area contributed by atoms with Crippen LogP contribution in [-0.2, 0) is 4.79 Å². The number of rotatable bonds is 5. The second kappa shape index (κ2) is 7.77. The Kier molecular flexibility index (Phi) is 5.75. The average Bonchev–Trinajstić information content (AvgIpc) is 2.51. The van der Waals surface area contributed by atoms with Crippen molar-refractivity contribution in [1.82, 2.24) is 10.4 Å². The van der Waals surface area contributed by atoms with E-state index in [0.717, 1.165) is 5.56 Å². The summed E-state index contributed by atoms with van der Waals surface area (Å²) < 4.78 is 5.48. The molecule has 7 heteroatoms. The lowest BCUT2D eigenvalue weighted by Gasteiger charge is -2.14. The van der Waals surface area contributed by atoms with Crippen LogP contribution in [0.4, 0.5) is 0 Å². The van der Waals surface area contributed by atoms with E-state index in [1.807, 2.05) is 6.07 Å². The number of amides is 1. The van der Waals surface area contributed by atoms with Crippen LogP contribution in [0.2, 0.25) is 10.0 Å². The summed E-state index contributed by atoms with van der Waals surface area (Å²) in [5.41, 5.74) is 3.17. The number of hydrazone groups is 1. The third-order valence-corrected chi connectivity index (χ3v) is 3.17. The highest BCUT2D eigenvalue weighted by Crippen LogP contribution is 2.28. The highest BCUT2D eigenvalue weighted by atomic mass is 35.5. The minimum absolute atomic E-state index is 0.339. The standard InChI is InChI=1S/C15H13Cl2N3O2/c1-10(22-14-5-4-12(16)7-13(14)17)15(21)20-19-9-11-3-2-6-18-8-11/h2-10H,1H3,(H,20,21)/b19-9-/t10-/m0/s1. The number of ether oxygens (including phenoxy) is 1. The number of hydrogen-bond donors (Lipinski definition) is 1. The molecule has 1 atom stereocenters. The summed E-state index contributed by atoms with van der Waals surface area (Å²) >= 11 is 11.8. The van der Waals surface area contributed by atoms with Crippen LogP contribution in [0.25, 0.3) is 0 Å². The van der Waals surface area contributed by atoms with Crippen molar-refractivity contribution in [2.75, 3.05) is 0 Å². The number of benzene rings is 1. The van der Waals surface area contributed by atoms with Gasteiger partial charge in [0.15, 0.2) is 6.10 Å². The van der Waals surface area contributed by atoms with Crippen LogP contribution in [0.5, 0.6) is 5.75 Å². The lowest BCUT2D eigenvalue weighted by atomic mass is 10.3. The molecule has 0 bridgehead atoms. The summed E-state index contributed by atoms with van der Waals surface area (Å²) in [6.07, 6.45) is 4.02. The molecule has 22 heavy (non-hydrogen) atoms. The maximum absolute atomic E-state index is 11.9. The first-order valence-electron chi connectivity index (χ1n) is 6.41. The van der Waals surface area contributed by atoms with Crippen LogP contribution in [0.15, 0.2) is 47.8 Å². The monoisotopic (exact) mass is 337 g/mol. The Balaban J connectivity index is 1.91. The number of nitrogens with zero attached hydrogens (tertiary/aromatic N) is 2. The van der Waals surface area contributed by atoms with E-state index in [9.17, 15) is 4.79 Å². The van der Waals surface area contributed by atoms with Gasteiger partial charge in [0, 0.05) is 23.0 Å². The molecule has 2 aromatic rings. The first-order chi connectivity index (χ1) is 10.6. The van der Waals surface area contributed by atoms with Crippen LogP contribution >= 0.6 is 23.2 Å². The van der Waals surface area contributed by atoms with E-state index < -0.39 is 12.0 Å². The number of aromatic nitrogens is 1. The molecule has 1 heterocycles. The van der Waals surface area contributed by atoms with E-state index in [0.29, 0.717) is 15.8 Å². The lowest BCUT2D eigenvalue weighted by molar-refractivity contribution is -0.127. The Morgan fingerprint density at radius 1 is 1.41 bits per heavy atom. The zero-order valence-electron chi connectivity index (χ0n) is 11.7. The highest BCUT2D eigenvalue weighted by molar-refractivity contribution is 6.35. The van der Waals surface area contributed by atoms with Crippen LogP contribution in [0, 0.1) is 0 Å². The molecule has 0 radical (unpaired) electrons. The molecule has 114 valence electrons. The van der Waals surface area contributed by atoms with Crippen molar-refractivity contribution < 1.29 is 9.53 Å². The molecule has 1 N–H and O–H groups in total. The topological polar surface area (TPSA) is 63.6 Å². The molecule has 2 rings (SSSR count). The Labute approximate surface area is 137 Å². The number of hydrogen-bond acceptors (Lipinski definition) is 4. The van der Waals surface area contributed by atoms with Gasteiger partial charge in [0.05, 0.1) is 11.2 Å². The highest BCUT2D eigenvalue weighted by Gasteiger charge is 2.15. The van der Waals surface area contributed by atoms with E-state index in [4.69, 9.17) is 27.9 Å². The molecule has 0 unspecified atom stereocenters. The Morgan fingerprint density at radius 3 is 2.91 bits per heavy atom. The first-order valence-corrected chi connectivity index (χ1v) is 7.16. The molecule has 0 saturated heterocycles. The molecule has 1 amide bonds. The SMILES string of the molecule is C[C@H](Oc1ccc(Cl)cc1Cl)C(=O)N/N=C\c1cccnc1. The van der Waals surface area contributed by atoms with E-state index in [2.05, 4.69) is 15.5 Å². The smallest absolute Gasteiger partial charge is 0.280 e. The second-order valence-corrected chi connectivity index (χ2v) is 5.20. The summed E-state index contributed by atoms with van der Waals surface area (Å²) in [7, 11) is 0. The van der Waals surface area contributed by atoms with E-state index >= 15 is 0 Å². The summed E-state index contributed by atoms with van der Waals surface area (Å²) in [6, 6.07) is 8.37. The van der Waals surface area contributed by atoms with E-state index in [1.54, 1.807) is 43.6 Å². The van der Waals surface area contributed by atoms with Gasteiger partial charge in [0.1, 0.15) is 5.75 Å². The first kappa shape index (κ1) is 16.3. The van der Waals surface area contributed by atoms with Gasteiger partial charge in [-0.05, 0) is 31.2 Å². The molecule has 1 aromatic carbocycles. The van der Waals surface area contributed by atoms with Gasteiger partial charge in [-0.3, -0.25) is 9.78 Å². The summed E-state index contributed by atoms with van der Waals surface area (Å²) in [5, 5.41) is 4.68. The maximum atomic E-state index is 11.9. The van der Waals surface area contributed by atoms with Crippen molar-refractivity contribution in [3.05, 3.63) is 58.3 Å². The molecule has 0 fully saturated rings. The zero-order chi connectivity index (χ0) is 15.9. The van der Waals surface area contributed by atoms with Crippen molar-refractivity contribution >= 4 is 35.3 Å². The number of nitrogens with one attached hydrogen (secondary N) is 1. The molecular weight excluding hydrogens is 325 g/mol. The Hall–Kier alpha value is -2.11. The van der Waals surface area contributed by atoms with Crippen molar-refractivity contribution in [3.8, 4) is 5.75 Å². The normalized spacial score (nSPS) is 12.1. The molecule has 0 saturated carbocycles. The molecule has 0 aliphatic rings. The molecular formula is C15H13Cl2N3O2. The van der Waals surface area contributed by atoms with E-state index in [1.165, 1.54) is 6.21 Å². The van der Waals surface area contributed by atoms with Crippen LogP contribution in [-0.4, -0.2) is 23.2 Å². The van der Waals surface area contributed by atoms with Gasteiger partial charge in [0.2, 0.25) is 0 Å². The third-order valence-electron chi connectivity index (χ3n) is 2.64. The molecule has 5 nitrogen and oxygen atoms in total. The largest absolute Gasteiger partial charge is 0.479 e. The number of halogens is 2. The Morgan fingerprint density at radius 2 is 2.23 bits per heavy atom. The van der Waals surface area contributed by atoms with Gasteiger partial charge in [-0.15, -0.1) is 0 Å². The quantitative estimate of drug-likeness (QED) is 0.672. The predicted octanol–water partition coefficient (Wildman–Crippen LogP) is 3.31. The van der Waals surface area contributed by atoms with Gasteiger partial charge >= 0.3 is 0 Å². The van der Waals surface area contributed by atoms with E-state index in [-0.39, 0.29) is 0 Å². The summed E-state index contributed by atoms with van der Waals surface area (Å²) in [4.78, 5) is 15.8. The van der Waals surface area contributed by atoms with Crippen LogP contribution < -0.4 is 10.2 Å². The van der Waals surface area contributed by atoms with Gasteiger partial charge in [0.25, 0.3) is 5.91 Å². The Bertz CT molecular complexity index is 678. The van der Waals surface area contributed by atoms with Gasteiger partial charge in [-0.25, -0.2) is 5.43 Å². The minimum atomic E-state index is -0.760. The second-order valence-electron chi connectivity index (χ2n) is 4.36. The number of pyridine rings is 1. The molecule has 0 aliphatic carbocycles. The fourth-order valence-electron chi connectivity index (χ4n) is 1.53. The number of carbonyl (C=O) groups excluding carboxylic acids is 1. The fraction of sp³-hybridized carbons (Fsp3) is 0.133. The van der Waals surface area contributed by atoms with Crippen molar-refractivity contribution in [1.29, 1.82) is 0 Å².